The van der Waals surface area contributed by atoms with Crippen molar-refractivity contribution in [1.29, 1.82) is 0 Å². The number of phenolic OH excluding ortho intramolecular Hbond substituents is 1. The van der Waals surface area contributed by atoms with Crippen LogP contribution in [0.15, 0.2) is 30.3 Å². The van der Waals surface area contributed by atoms with Crippen molar-refractivity contribution >= 4 is 16.7 Å². The van der Waals surface area contributed by atoms with Crippen LogP contribution in [0, 0.1) is 0 Å². The Morgan fingerprint density at radius 3 is 2.73 bits per heavy atom. The Hall–Kier alpha value is -2.07. The number of aromatic hydroxyl groups is 1. The number of morpholine rings is 1. The molecule has 1 amide bonds. The molecule has 116 valence electrons. The van der Waals surface area contributed by atoms with Crippen molar-refractivity contribution in [3.8, 4) is 5.75 Å². The minimum Gasteiger partial charge on any atom is -0.507 e. The molecule has 4 heteroatoms. The summed E-state index contributed by atoms with van der Waals surface area (Å²) in [5.41, 5.74) is 1.28. The Balaban J connectivity index is 2.12. The summed E-state index contributed by atoms with van der Waals surface area (Å²) in [5.74, 6) is 0.0343. The minimum absolute atomic E-state index is 0.102. The van der Waals surface area contributed by atoms with Crippen LogP contribution < -0.4 is 0 Å². The number of ether oxygens (including phenoxy) is 1. The molecule has 0 aromatic heterocycles. The van der Waals surface area contributed by atoms with Crippen LogP contribution >= 0.6 is 0 Å². The van der Waals surface area contributed by atoms with Crippen molar-refractivity contribution in [2.24, 2.45) is 0 Å². The normalized spacial score (nSPS) is 15.2. The van der Waals surface area contributed by atoms with Gasteiger partial charge in [0.2, 0.25) is 0 Å². The number of carbonyl (C=O) groups is 1. The number of hydrogen-bond donors (Lipinski definition) is 1. The third-order valence-electron chi connectivity index (χ3n) is 4.13. The highest BCUT2D eigenvalue weighted by molar-refractivity contribution is 6.10. The molecule has 0 aliphatic carbocycles. The lowest BCUT2D eigenvalue weighted by Crippen LogP contribution is -2.40. The summed E-state index contributed by atoms with van der Waals surface area (Å²) in [6, 6.07) is 9.74. The summed E-state index contributed by atoms with van der Waals surface area (Å²) in [7, 11) is 0. The molecule has 2 aromatic carbocycles. The number of phenols is 1. The summed E-state index contributed by atoms with van der Waals surface area (Å²) < 4.78 is 5.31. The maximum absolute atomic E-state index is 12.9. The number of hydrogen-bond acceptors (Lipinski definition) is 3. The molecule has 1 aliphatic rings. The molecule has 1 fully saturated rings. The number of amides is 1. The summed E-state index contributed by atoms with van der Waals surface area (Å²) >= 11 is 0. The van der Waals surface area contributed by atoms with Crippen LogP contribution in [0.2, 0.25) is 0 Å². The van der Waals surface area contributed by atoms with Crippen molar-refractivity contribution in [3.63, 3.8) is 0 Å². The second kappa shape index (κ2) is 6.36. The van der Waals surface area contributed by atoms with Gasteiger partial charge in [-0.25, -0.2) is 0 Å². The topological polar surface area (TPSA) is 49.8 Å². The van der Waals surface area contributed by atoms with Gasteiger partial charge >= 0.3 is 0 Å². The lowest BCUT2D eigenvalue weighted by molar-refractivity contribution is 0.0302. The van der Waals surface area contributed by atoms with Gasteiger partial charge in [-0.3, -0.25) is 4.79 Å². The van der Waals surface area contributed by atoms with E-state index in [-0.39, 0.29) is 11.7 Å². The predicted octanol–water partition coefficient (Wildman–Crippen LogP) is 2.97. The maximum Gasteiger partial charge on any atom is 0.258 e. The molecule has 1 aliphatic heterocycles. The molecular weight excluding hydrogens is 278 g/mol. The summed E-state index contributed by atoms with van der Waals surface area (Å²) in [6.07, 6.45) is 1.69. The van der Waals surface area contributed by atoms with Crippen LogP contribution in [0.5, 0.6) is 5.75 Å². The quantitative estimate of drug-likeness (QED) is 0.948. The van der Waals surface area contributed by atoms with Gasteiger partial charge in [0, 0.05) is 13.1 Å². The number of aryl methyl sites for hydroxylation is 1. The number of benzene rings is 2. The number of carbonyl (C=O) groups excluding carboxylic acids is 1. The first-order valence-electron chi connectivity index (χ1n) is 7.83. The van der Waals surface area contributed by atoms with Gasteiger partial charge in [-0.15, -0.1) is 0 Å². The molecule has 22 heavy (non-hydrogen) atoms. The first-order valence-corrected chi connectivity index (χ1v) is 7.83. The molecule has 3 rings (SSSR count). The van der Waals surface area contributed by atoms with Gasteiger partial charge in [-0.2, -0.15) is 0 Å². The Labute approximate surface area is 130 Å². The van der Waals surface area contributed by atoms with E-state index in [2.05, 4.69) is 6.92 Å². The monoisotopic (exact) mass is 299 g/mol. The average molecular weight is 299 g/mol. The fourth-order valence-electron chi connectivity index (χ4n) is 3.00. The van der Waals surface area contributed by atoms with Crippen LogP contribution in [0.1, 0.15) is 29.3 Å². The van der Waals surface area contributed by atoms with Crippen molar-refractivity contribution in [1.82, 2.24) is 4.90 Å². The zero-order valence-corrected chi connectivity index (χ0v) is 12.8. The molecule has 0 saturated carbocycles. The molecule has 1 heterocycles. The third-order valence-corrected chi connectivity index (χ3v) is 4.13. The molecule has 1 N–H and O–H groups in total. The van der Waals surface area contributed by atoms with Gasteiger partial charge in [-0.05, 0) is 28.8 Å². The van der Waals surface area contributed by atoms with E-state index in [1.54, 1.807) is 4.90 Å². The Morgan fingerprint density at radius 1 is 1.27 bits per heavy atom. The summed E-state index contributed by atoms with van der Waals surface area (Å²) in [6.45, 7) is 4.32. The van der Waals surface area contributed by atoms with Crippen LogP contribution in [-0.4, -0.2) is 42.2 Å². The predicted molar refractivity (Wildman–Crippen MR) is 86.3 cm³/mol. The van der Waals surface area contributed by atoms with E-state index in [1.807, 2.05) is 30.3 Å². The molecule has 0 bridgehead atoms. The average Bonchev–Trinajstić information content (AvgIpc) is 2.56. The van der Waals surface area contributed by atoms with Crippen LogP contribution in [-0.2, 0) is 11.2 Å². The van der Waals surface area contributed by atoms with Gasteiger partial charge in [-0.1, -0.05) is 37.6 Å². The van der Waals surface area contributed by atoms with Crippen molar-refractivity contribution < 1.29 is 14.6 Å². The van der Waals surface area contributed by atoms with Crippen LogP contribution in [0.25, 0.3) is 10.8 Å². The Morgan fingerprint density at radius 2 is 2.00 bits per heavy atom. The van der Waals surface area contributed by atoms with Gasteiger partial charge in [0.05, 0.1) is 18.8 Å². The molecule has 0 atom stereocenters. The molecule has 2 aromatic rings. The van der Waals surface area contributed by atoms with Gasteiger partial charge < -0.3 is 14.7 Å². The second-order valence-electron chi connectivity index (χ2n) is 5.64. The highest BCUT2D eigenvalue weighted by atomic mass is 16.5. The van der Waals surface area contributed by atoms with E-state index in [0.29, 0.717) is 31.9 Å². The smallest absolute Gasteiger partial charge is 0.258 e. The Bertz CT molecular complexity index is 690. The van der Waals surface area contributed by atoms with E-state index >= 15 is 0 Å². The fraction of sp³-hybridized carbons (Fsp3) is 0.389. The lowest BCUT2D eigenvalue weighted by Gasteiger charge is -2.28. The van der Waals surface area contributed by atoms with Crippen LogP contribution in [0.3, 0.4) is 0 Å². The standard InChI is InChI=1S/C18H21NO3/c1-2-5-14-12-13-6-3-4-7-15(13)16(17(14)20)18(21)19-8-10-22-11-9-19/h3-4,6-7,12,20H,2,5,8-11H2,1H3. The first kappa shape index (κ1) is 14.9. The Kier molecular flexibility index (Phi) is 4.29. The van der Waals surface area contributed by atoms with E-state index in [0.717, 1.165) is 29.2 Å². The highest BCUT2D eigenvalue weighted by Crippen LogP contribution is 2.33. The van der Waals surface area contributed by atoms with Crippen molar-refractivity contribution in [2.75, 3.05) is 26.3 Å². The van der Waals surface area contributed by atoms with Gasteiger partial charge in [0.15, 0.2) is 0 Å². The molecule has 0 spiro atoms. The van der Waals surface area contributed by atoms with E-state index in [9.17, 15) is 9.90 Å². The lowest BCUT2D eigenvalue weighted by atomic mass is 9.96. The first-order chi connectivity index (χ1) is 10.7. The molecule has 0 radical (unpaired) electrons. The third kappa shape index (κ3) is 2.66. The van der Waals surface area contributed by atoms with Crippen molar-refractivity contribution in [2.45, 2.75) is 19.8 Å². The van der Waals surface area contributed by atoms with E-state index < -0.39 is 0 Å². The minimum atomic E-state index is -0.102. The molecular formula is C18H21NO3. The zero-order chi connectivity index (χ0) is 15.5. The molecule has 4 nitrogen and oxygen atoms in total. The zero-order valence-electron chi connectivity index (χ0n) is 12.8. The summed E-state index contributed by atoms with van der Waals surface area (Å²) in [4.78, 5) is 14.7. The van der Waals surface area contributed by atoms with Crippen molar-refractivity contribution in [3.05, 3.63) is 41.5 Å². The number of nitrogens with zero attached hydrogens (tertiary/aromatic N) is 1. The highest BCUT2D eigenvalue weighted by Gasteiger charge is 2.24. The number of rotatable bonds is 3. The number of fused-ring (bicyclic) bond motifs is 1. The van der Waals surface area contributed by atoms with Gasteiger partial charge in [0.1, 0.15) is 5.75 Å². The van der Waals surface area contributed by atoms with E-state index in [4.69, 9.17) is 4.74 Å². The van der Waals surface area contributed by atoms with Crippen LogP contribution in [0.4, 0.5) is 0 Å². The fourth-order valence-corrected chi connectivity index (χ4v) is 3.00. The largest absolute Gasteiger partial charge is 0.507 e. The van der Waals surface area contributed by atoms with Gasteiger partial charge in [0.25, 0.3) is 5.91 Å². The summed E-state index contributed by atoms with van der Waals surface area (Å²) in [5, 5.41) is 12.5. The second-order valence-corrected chi connectivity index (χ2v) is 5.64. The SMILES string of the molecule is CCCc1cc2ccccc2c(C(=O)N2CCOCC2)c1O. The molecule has 1 saturated heterocycles. The molecule has 0 unspecified atom stereocenters. The maximum atomic E-state index is 12.9. The van der Waals surface area contributed by atoms with E-state index in [1.165, 1.54) is 0 Å².